The third-order valence-corrected chi connectivity index (χ3v) is 8.41. The number of aromatic hydroxyl groups is 1. The number of phenols is 1. The number of likely N-dealkylation sites (tertiary alicyclic amines) is 1. The monoisotopic (exact) mass is 512 g/mol. The lowest BCUT2D eigenvalue weighted by atomic mass is 9.78. The Bertz CT molecular complexity index is 1170. The molecule has 202 valence electrons. The molecule has 4 heteroatoms. The fourth-order valence-electron chi connectivity index (χ4n) is 6.28. The predicted octanol–water partition coefficient (Wildman–Crippen LogP) is 7.27. The molecule has 0 radical (unpaired) electrons. The van der Waals surface area contributed by atoms with E-state index in [1.165, 1.54) is 72.3 Å². The predicted molar refractivity (Wildman–Crippen MR) is 158 cm³/mol. The zero-order valence-corrected chi connectivity index (χ0v) is 23.1. The van der Waals surface area contributed by atoms with E-state index in [4.69, 9.17) is 4.74 Å². The van der Waals surface area contributed by atoms with Crippen molar-refractivity contribution < 1.29 is 9.84 Å². The number of nitrogens with zero attached hydrogens (tertiary/aromatic N) is 1. The number of ether oxygens (including phenoxy) is 1. The van der Waals surface area contributed by atoms with E-state index in [2.05, 4.69) is 65.7 Å². The summed E-state index contributed by atoms with van der Waals surface area (Å²) in [5, 5.41) is 13.6. The molecule has 0 amide bonds. The van der Waals surface area contributed by atoms with Gasteiger partial charge in [0.25, 0.3) is 0 Å². The van der Waals surface area contributed by atoms with Gasteiger partial charge in [-0.15, -0.1) is 0 Å². The van der Waals surface area contributed by atoms with Gasteiger partial charge in [-0.25, -0.2) is 0 Å². The molecular formula is C34H44N2O2. The topological polar surface area (TPSA) is 44.7 Å². The highest BCUT2D eigenvalue weighted by Gasteiger charge is 2.24. The fraction of sp³-hybridized carbons (Fsp3) is 0.471. The minimum Gasteiger partial charge on any atom is -0.508 e. The summed E-state index contributed by atoms with van der Waals surface area (Å²) in [6, 6.07) is 21.2. The van der Waals surface area contributed by atoms with Crippen molar-refractivity contribution in [1.82, 2.24) is 4.90 Å². The molecule has 1 aliphatic carbocycles. The van der Waals surface area contributed by atoms with Crippen LogP contribution in [0.2, 0.25) is 0 Å². The van der Waals surface area contributed by atoms with E-state index < -0.39 is 0 Å². The van der Waals surface area contributed by atoms with Crippen LogP contribution in [0.5, 0.6) is 11.5 Å². The second-order valence-corrected chi connectivity index (χ2v) is 11.2. The molecule has 3 aromatic carbocycles. The Balaban J connectivity index is 1.09. The zero-order chi connectivity index (χ0) is 26.2. The van der Waals surface area contributed by atoms with E-state index in [0.717, 1.165) is 57.6 Å². The largest absolute Gasteiger partial charge is 0.508 e. The lowest BCUT2D eigenvalue weighted by molar-refractivity contribution is 0.214. The zero-order valence-electron chi connectivity index (χ0n) is 23.1. The Morgan fingerprint density at radius 1 is 0.947 bits per heavy atom. The Labute approximate surface area is 229 Å². The molecule has 1 saturated heterocycles. The number of nitrogens with one attached hydrogen (secondary N) is 1. The second-order valence-electron chi connectivity index (χ2n) is 11.2. The normalized spacial score (nSPS) is 18.0. The maximum absolute atomic E-state index is 9.85. The summed E-state index contributed by atoms with van der Waals surface area (Å²) in [6.45, 7) is 7.45. The molecule has 1 aliphatic heterocycles. The first-order valence-electron chi connectivity index (χ1n) is 14.7. The van der Waals surface area contributed by atoms with Crippen LogP contribution in [0.15, 0.2) is 60.7 Å². The molecule has 1 heterocycles. The fourth-order valence-corrected chi connectivity index (χ4v) is 6.28. The molecule has 0 spiro atoms. The van der Waals surface area contributed by atoms with Crippen molar-refractivity contribution in [3.8, 4) is 11.5 Å². The highest BCUT2D eigenvalue weighted by molar-refractivity contribution is 5.57. The van der Waals surface area contributed by atoms with Crippen molar-refractivity contribution in [2.75, 3.05) is 38.1 Å². The van der Waals surface area contributed by atoms with Gasteiger partial charge in [0.1, 0.15) is 18.1 Å². The molecule has 1 unspecified atom stereocenters. The first-order valence-corrected chi connectivity index (χ1v) is 14.7. The van der Waals surface area contributed by atoms with Gasteiger partial charge in [0.15, 0.2) is 0 Å². The van der Waals surface area contributed by atoms with Gasteiger partial charge in [-0.05, 0) is 129 Å². The molecule has 4 nitrogen and oxygen atoms in total. The molecule has 5 rings (SSSR count). The minimum absolute atomic E-state index is 0.380. The molecule has 1 atom stereocenters. The Hall–Kier alpha value is -2.98. The Kier molecular flexibility index (Phi) is 9.24. The average molecular weight is 513 g/mol. The van der Waals surface area contributed by atoms with Crippen LogP contribution < -0.4 is 10.1 Å². The van der Waals surface area contributed by atoms with Crippen molar-refractivity contribution in [2.45, 2.75) is 70.6 Å². The molecule has 0 bridgehead atoms. The van der Waals surface area contributed by atoms with Crippen LogP contribution in [0.25, 0.3) is 0 Å². The van der Waals surface area contributed by atoms with Crippen LogP contribution in [0.3, 0.4) is 0 Å². The molecule has 3 aromatic rings. The van der Waals surface area contributed by atoms with Crippen LogP contribution in [0.4, 0.5) is 5.69 Å². The average Bonchev–Trinajstić information content (AvgIpc) is 3.21. The second kappa shape index (κ2) is 13.2. The van der Waals surface area contributed by atoms with Crippen LogP contribution in [0.1, 0.15) is 72.3 Å². The third kappa shape index (κ3) is 7.11. The van der Waals surface area contributed by atoms with Gasteiger partial charge in [-0.2, -0.15) is 0 Å². The molecule has 1 fully saturated rings. The van der Waals surface area contributed by atoms with Crippen molar-refractivity contribution in [2.24, 2.45) is 0 Å². The highest BCUT2D eigenvalue weighted by Crippen LogP contribution is 2.38. The summed E-state index contributed by atoms with van der Waals surface area (Å²) in [4.78, 5) is 2.55. The van der Waals surface area contributed by atoms with Gasteiger partial charge >= 0.3 is 0 Å². The lowest BCUT2D eigenvalue weighted by Crippen LogP contribution is -2.29. The third-order valence-electron chi connectivity index (χ3n) is 8.41. The van der Waals surface area contributed by atoms with Crippen molar-refractivity contribution in [3.05, 3.63) is 88.5 Å². The minimum atomic E-state index is 0.380. The smallest absolute Gasteiger partial charge is 0.119 e. The van der Waals surface area contributed by atoms with Crippen molar-refractivity contribution in [3.63, 3.8) is 0 Å². The summed E-state index contributed by atoms with van der Waals surface area (Å²) in [7, 11) is 0. The first kappa shape index (κ1) is 26.6. The Morgan fingerprint density at radius 2 is 1.76 bits per heavy atom. The molecule has 38 heavy (non-hydrogen) atoms. The van der Waals surface area contributed by atoms with E-state index in [1.807, 2.05) is 12.1 Å². The number of rotatable bonds is 10. The molecule has 2 N–H and O–H groups in total. The van der Waals surface area contributed by atoms with Gasteiger partial charge in [0, 0.05) is 18.8 Å². The van der Waals surface area contributed by atoms with Gasteiger partial charge in [0.05, 0.1) is 0 Å². The summed E-state index contributed by atoms with van der Waals surface area (Å²) in [5.41, 5.74) is 8.16. The quantitative estimate of drug-likeness (QED) is 0.280. The summed E-state index contributed by atoms with van der Waals surface area (Å²) >= 11 is 0. The van der Waals surface area contributed by atoms with E-state index in [1.54, 1.807) is 0 Å². The molecule has 0 saturated carbocycles. The SMILES string of the molecule is Cc1cccc(NCCCc2ccc(OCCN3CCCCCC3)cc2)c1C1CCc2cc(O)ccc2C1. The van der Waals surface area contributed by atoms with Crippen molar-refractivity contribution in [1.29, 1.82) is 0 Å². The van der Waals surface area contributed by atoms with Gasteiger partial charge in [-0.1, -0.05) is 43.2 Å². The van der Waals surface area contributed by atoms with Crippen LogP contribution in [-0.4, -0.2) is 42.8 Å². The van der Waals surface area contributed by atoms with E-state index in [0.29, 0.717) is 11.7 Å². The first-order chi connectivity index (χ1) is 18.7. The van der Waals surface area contributed by atoms with E-state index in [9.17, 15) is 5.11 Å². The molecular weight excluding hydrogens is 468 g/mol. The maximum atomic E-state index is 9.85. The van der Waals surface area contributed by atoms with Crippen molar-refractivity contribution >= 4 is 5.69 Å². The van der Waals surface area contributed by atoms with Crippen LogP contribution in [-0.2, 0) is 19.3 Å². The lowest BCUT2D eigenvalue weighted by Gasteiger charge is -2.28. The van der Waals surface area contributed by atoms with Gasteiger partial charge < -0.3 is 15.2 Å². The maximum Gasteiger partial charge on any atom is 0.119 e. The van der Waals surface area contributed by atoms with Crippen LogP contribution in [0, 0.1) is 6.92 Å². The highest BCUT2D eigenvalue weighted by atomic mass is 16.5. The number of fused-ring (bicyclic) bond motifs is 1. The van der Waals surface area contributed by atoms with Gasteiger partial charge in [0.2, 0.25) is 0 Å². The summed E-state index contributed by atoms with van der Waals surface area (Å²) in [6.07, 6.45) is 10.8. The van der Waals surface area contributed by atoms with Crippen LogP contribution >= 0.6 is 0 Å². The number of benzene rings is 3. The number of phenolic OH excluding ortho intramolecular Hbond substituents is 1. The summed E-state index contributed by atoms with van der Waals surface area (Å²) in [5.74, 6) is 1.88. The number of hydrogen-bond acceptors (Lipinski definition) is 4. The standard InChI is InChI=1S/C34H44N2O2/c1-26-8-6-10-33(34(26)30-14-13-29-25-31(37)16-15-28(29)24-30)35-19-7-9-27-11-17-32(18-12-27)38-23-22-36-20-4-2-3-5-21-36/h6,8,10-12,15-18,25,30,35,37H,2-5,7,9,13-14,19-24H2,1H3. The number of hydrogen-bond donors (Lipinski definition) is 2. The molecule has 0 aromatic heterocycles. The number of anilines is 1. The summed E-state index contributed by atoms with van der Waals surface area (Å²) < 4.78 is 6.03. The molecule has 2 aliphatic rings. The van der Waals surface area contributed by atoms with E-state index in [-0.39, 0.29) is 0 Å². The van der Waals surface area contributed by atoms with Gasteiger partial charge in [-0.3, -0.25) is 4.90 Å². The van der Waals surface area contributed by atoms with E-state index >= 15 is 0 Å². The Morgan fingerprint density at radius 3 is 2.58 bits per heavy atom. The number of aryl methyl sites for hydroxylation is 3.